The summed E-state index contributed by atoms with van der Waals surface area (Å²) in [5.74, 6) is -0.494. The molecule has 3 aromatic rings. The van der Waals surface area contributed by atoms with Crippen LogP contribution in [-0.2, 0) is 10.0 Å². The molecule has 0 aliphatic carbocycles. The zero-order chi connectivity index (χ0) is 23.0. The fourth-order valence-electron chi connectivity index (χ4n) is 3.77. The van der Waals surface area contributed by atoms with E-state index in [4.69, 9.17) is 11.6 Å². The van der Waals surface area contributed by atoms with Crippen molar-refractivity contribution in [3.05, 3.63) is 63.0 Å². The first-order chi connectivity index (χ1) is 15.2. The predicted molar refractivity (Wildman–Crippen MR) is 129 cm³/mol. The minimum atomic E-state index is -3.65. The first kappa shape index (κ1) is 22.9. The molecule has 1 aliphatic rings. The van der Waals surface area contributed by atoms with Crippen LogP contribution in [0.15, 0.2) is 40.6 Å². The number of nitrogens with zero attached hydrogens (tertiary/aromatic N) is 2. The highest BCUT2D eigenvalue weighted by Gasteiger charge is 2.28. The van der Waals surface area contributed by atoms with Gasteiger partial charge in [-0.15, -0.1) is 11.3 Å². The summed E-state index contributed by atoms with van der Waals surface area (Å²) in [5, 5.41) is 5.26. The van der Waals surface area contributed by atoms with E-state index < -0.39 is 15.9 Å². The highest BCUT2D eigenvalue weighted by atomic mass is 35.5. The van der Waals surface area contributed by atoms with Crippen molar-refractivity contribution in [2.45, 2.75) is 38.5 Å². The van der Waals surface area contributed by atoms with Crippen molar-refractivity contribution in [2.24, 2.45) is 0 Å². The Kier molecular flexibility index (Phi) is 6.40. The molecule has 0 spiro atoms. The summed E-state index contributed by atoms with van der Waals surface area (Å²) in [7, 11) is -3.65. The molecule has 2 aromatic carbocycles. The smallest absolute Gasteiger partial charge is 0.259 e. The number of benzene rings is 2. The van der Waals surface area contributed by atoms with Gasteiger partial charge in [-0.05, 0) is 74.6 Å². The first-order valence-electron chi connectivity index (χ1n) is 10.3. The number of aryl methyl sites for hydroxylation is 3. The molecule has 6 nitrogen and oxygen atoms in total. The quantitative estimate of drug-likeness (QED) is 0.518. The van der Waals surface area contributed by atoms with Gasteiger partial charge in [0.1, 0.15) is 0 Å². The molecule has 9 heteroatoms. The number of carbonyl (C=O) groups is 1. The maximum absolute atomic E-state index is 12.9. The number of carbonyl (C=O) groups excluding carboxylic acids is 1. The second-order valence-electron chi connectivity index (χ2n) is 8.00. The van der Waals surface area contributed by atoms with Crippen molar-refractivity contribution in [2.75, 3.05) is 18.4 Å². The highest BCUT2D eigenvalue weighted by molar-refractivity contribution is 7.89. The van der Waals surface area contributed by atoms with Crippen LogP contribution in [0.3, 0.4) is 0 Å². The van der Waals surface area contributed by atoms with Crippen LogP contribution >= 0.6 is 22.9 Å². The van der Waals surface area contributed by atoms with Crippen LogP contribution in [-0.4, -0.2) is 36.7 Å². The minimum Gasteiger partial charge on any atom is -0.298 e. The lowest BCUT2D eigenvalue weighted by Crippen LogP contribution is -2.28. The molecule has 1 aliphatic heterocycles. The fourth-order valence-corrected chi connectivity index (χ4v) is 6.23. The Morgan fingerprint density at radius 3 is 2.47 bits per heavy atom. The zero-order valence-electron chi connectivity index (χ0n) is 18.1. The average molecular weight is 490 g/mol. The Morgan fingerprint density at radius 2 is 1.75 bits per heavy atom. The minimum absolute atomic E-state index is 0.0690. The van der Waals surface area contributed by atoms with Crippen molar-refractivity contribution in [1.29, 1.82) is 0 Å². The summed E-state index contributed by atoms with van der Waals surface area (Å²) < 4.78 is 27.2. The Bertz CT molecular complexity index is 1300. The van der Waals surface area contributed by atoms with Crippen LogP contribution in [0.2, 0.25) is 5.02 Å². The van der Waals surface area contributed by atoms with E-state index in [1.54, 1.807) is 0 Å². The van der Waals surface area contributed by atoms with Gasteiger partial charge in [-0.3, -0.25) is 10.1 Å². The Morgan fingerprint density at radius 1 is 1.06 bits per heavy atom. The summed E-state index contributed by atoms with van der Waals surface area (Å²) in [5.41, 5.74) is 5.40. The standard InChI is InChI=1S/C23H24ClN3O3S2/c1-14-10-16(3)18(11-15(14)2)21-13-31-23(25-21)26-22(28)19-12-17(6-7-20(19)24)32(29,30)27-8-4-5-9-27/h6-7,10-13H,4-5,8-9H2,1-3H3,(H,25,26,28). The molecule has 1 fully saturated rings. The summed E-state index contributed by atoms with van der Waals surface area (Å²) in [4.78, 5) is 17.5. The molecule has 0 bridgehead atoms. The van der Waals surface area contributed by atoms with E-state index in [2.05, 4.69) is 36.3 Å². The molecule has 1 amide bonds. The van der Waals surface area contributed by atoms with E-state index in [-0.39, 0.29) is 15.5 Å². The molecule has 1 N–H and O–H groups in total. The van der Waals surface area contributed by atoms with Crippen molar-refractivity contribution >= 4 is 44.0 Å². The fraction of sp³-hybridized carbons (Fsp3) is 0.304. The maximum Gasteiger partial charge on any atom is 0.259 e. The Balaban J connectivity index is 1.58. The third-order valence-corrected chi connectivity index (χ3v) is 8.71. The highest BCUT2D eigenvalue weighted by Crippen LogP contribution is 2.31. The largest absolute Gasteiger partial charge is 0.298 e. The number of hydrogen-bond donors (Lipinski definition) is 1. The van der Waals surface area contributed by atoms with Crippen LogP contribution in [0.4, 0.5) is 5.13 Å². The van der Waals surface area contributed by atoms with E-state index in [1.807, 2.05) is 12.3 Å². The van der Waals surface area contributed by atoms with Gasteiger partial charge in [0, 0.05) is 24.0 Å². The SMILES string of the molecule is Cc1cc(C)c(-c2csc(NC(=O)c3cc(S(=O)(=O)N4CCCC4)ccc3Cl)n2)cc1C. The van der Waals surface area contributed by atoms with Gasteiger partial charge in [0.05, 0.1) is 21.2 Å². The molecular formula is C23H24ClN3O3S2. The maximum atomic E-state index is 12.9. The van der Waals surface area contributed by atoms with Crippen LogP contribution in [0.1, 0.15) is 39.9 Å². The van der Waals surface area contributed by atoms with E-state index in [0.717, 1.165) is 29.7 Å². The second kappa shape index (κ2) is 8.94. The molecule has 1 saturated heterocycles. The molecule has 32 heavy (non-hydrogen) atoms. The summed E-state index contributed by atoms with van der Waals surface area (Å²) in [6.07, 6.45) is 1.68. The molecule has 2 heterocycles. The van der Waals surface area contributed by atoms with Crippen molar-refractivity contribution in [1.82, 2.24) is 9.29 Å². The third-order valence-electron chi connectivity index (χ3n) is 5.73. The molecular weight excluding hydrogens is 466 g/mol. The summed E-state index contributed by atoms with van der Waals surface area (Å²) in [6, 6.07) is 8.44. The van der Waals surface area contributed by atoms with Crippen LogP contribution < -0.4 is 5.32 Å². The van der Waals surface area contributed by atoms with Crippen LogP contribution in [0, 0.1) is 20.8 Å². The average Bonchev–Trinajstić information content (AvgIpc) is 3.43. The Labute approximate surface area is 197 Å². The van der Waals surface area contributed by atoms with Crippen molar-refractivity contribution < 1.29 is 13.2 Å². The number of anilines is 1. The second-order valence-corrected chi connectivity index (χ2v) is 11.2. The van der Waals surface area contributed by atoms with E-state index in [0.29, 0.717) is 18.2 Å². The number of thiazole rings is 1. The zero-order valence-corrected chi connectivity index (χ0v) is 20.5. The van der Waals surface area contributed by atoms with Gasteiger partial charge in [0.2, 0.25) is 10.0 Å². The topological polar surface area (TPSA) is 79.4 Å². The van der Waals surface area contributed by atoms with Crippen molar-refractivity contribution in [3.8, 4) is 11.3 Å². The number of hydrogen-bond acceptors (Lipinski definition) is 5. The number of aromatic nitrogens is 1. The Hall–Kier alpha value is -2.26. The van der Waals surface area contributed by atoms with Gasteiger partial charge >= 0.3 is 0 Å². The number of amides is 1. The van der Waals surface area contributed by atoms with Gasteiger partial charge in [0.15, 0.2) is 5.13 Å². The monoisotopic (exact) mass is 489 g/mol. The van der Waals surface area contributed by atoms with E-state index >= 15 is 0 Å². The molecule has 168 valence electrons. The van der Waals surface area contributed by atoms with E-state index in [1.165, 1.54) is 45.0 Å². The molecule has 0 saturated carbocycles. The van der Waals surface area contributed by atoms with Gasteiger partial charge < -0.3 is 0 Å². The number of sulfonamides is 1. The van der Waals surface area contributed by atoms with E-state index in [9.17, 15) is 13.2 Å². The van der Waals surface area contributed by atoms with Crippen molar-refractivity contribution in [3.63, 3.8) is 0 Å². The number of nitrogens with one attached hydrogen (secondary N) is 1. The predicted octanol–water partition coefficient (Wildman–Crippen LogP) is 5.43. The first-order valence-corrected chi connectivity index (χ1v) is 13.0. The van der Waals surface area contributed by atoms with Crippen LogP contribution in [0.25, 0.3) is 11.3 Å². The normalized spacial score (nSPS) is 14.6. The summed E-state index contributed by atoms with van der Waals surface area (Å²) >= 11 is 7.54. The molecule has 1 aromatic heterocycles. The van der Waals surface area contributed by atoms with Gasteiger partial charge in [-0.25, -0.2) is 13.4 Å². The number of rotatable bonds is 5. The molecule has 0 radical (unpaired) electrons. The lowest BCUT2D eigenvalue weighted by molar-refractivity contribution is 0.102. The van der Waals surface area contributed by atoms with Gasteiger partial charge in [0.25, 0.3) is 5.91 Å². The summed E-state index contributed by atoms with van der Waals surface area (Å²) in [6.45, 7) is 7.14. The molecule has 4 rings (SSSR count). The third kappa shape index (κ3) is 4.45. The molecule has 0 unspecified atom stereocenters. The lowest BCUT2D eigenvalue weighted by Gasteiger charge is -2.16. The number of halogens is 1. The van der Waals surface area contributed by atoms with Crippen LogP contribution in [0.5, 0.6) is 0 Å². The van der Waals surface area contributed by atoms with Gasteiger partial charge in [-0.1, -0.05) is 17.7 Å². The van der Waals surface area contributed by atoms with Gasteiger partial charge in [-0.2, -0.15) is 4.31 Å². The molecule has 0 atom stereocenters. The lowest BCUT2D eigenvalue weighted by atomic mass is 9.99.